The second-order valence-corrected chi connectivity index (χ2v) is 3.66. The number of carbonyl (C=O) groups is 2. The van der Waals surface area contributed by atoms with E-state index in [2.05, 4.69) is 0 Å². The van der Waals surface area contributed by atoms with E-state index in [0.717, 1.165) is 12.8 Å². The molecule has 2 saturated carbocycles. The highest BCUT2D eigenvalue weighted by Gasteiger charge is 2.51. The van der Waals surface area contributed by atoms with Gasteiger partial charge in [0.15, 0.2) is 0 Å². The van der Waals surface area contributed by atoms with Gasteiger partial charge in [0.05, 0.1) is 0 Å². The van der Waals surface area contributed by atoms with Gasteiger partial charge in [-0.25, -0.2) is 0 Å². The van der Waals surface area contributed by atoms with Crippen LogP contribution in [-0.4, -0.2) is 17.9 Å². The van der Waals surface area contributed by atoms with Crippen LogP contribution in [0.1, 0.15) is 26.2 Å². The average molecular weight is 168 g/mol. The molecule has 0 aromatic heterocycles. The molecule has 2 fully saturated rings. The summed E-state index contributed by atoms with van der Waals surface area (Å²) in [5.41, 5.74) is 0. The van der Waals surface area contributed by atoms with Gasteiger partial charge in [-0.05, 0) is 12.8 Å². The monoisotopic (exact) mass is 168 g/mol. The second kappa shape index (κ2) is 2.57. The summed E-state index contributed by atoms with van der Waals surface area (Å²) in [6.07, 6.45) is 2.31. The first kappa shape index (κ1) is 7.77. The highest BCUT2D eigenvalue weighted by atomic mass is 16.5. The lowest BCUT2D eigenvalue weighted by molar-refractivity contribution is -0.150. The van der Waals surface area contributed by atoms with Crippen molar-refractivity contribution in [3.05, 3.63) is 0 Å². The molecular weight excluding hydrogens is 156 g/mol. The number of Topliss-reactive ketones (excluding diaryl/α,β-unsaturated/α-hetero) is 1. The smallest absolute Gasteiger partial charge is 0.302 e. The Labute approximate surface area is 71.1 Å². The lowest BCUT2D eigenvalue weighted by atomic mass is 9.96. The molecule has 0 bridgehead atoms. The van der Waals surface area contributed by atoms with Crippen LogP contribution in [0.5, 0.6) is 0 Å². The minimum absolute atomic E-state index is 0.0326. The van der Waals surface area contributed by atoms with E-state index in [-0.39, 0.29) is 18.0 Å². The molecule has 3 atom stereocenters. The summed E-state index contributed by atoms with van der Waals surface area (Å²) in [6, 6.07) is 0. The van der Waals surface area contributed by atoms with Crippen LogP contribution in [0.2, 0.25) is 0 Å². The predicted molar refractivity (Wildman–Crippen MR) is 41.4 cm³/mol. The van der Waals surface area contributed by atoms with Crippen molar-refractivity contribution < 1.29 is 14.3 Å². The lowest BCUT2D eigenvalue weighted by Crippen LogP contribution is -2.26. The Morgan fingerprint density at radius 1 is 1.58 bits per heavy atom. The molecule has 0 aromatic carbocycles. The van der Waals surface area contributed by atoms with Crippen LogP contribution in [0.4, 0.5) is 0 Å². The fraction of sp³-hybridized carbons (Fsp3) is 0.778. The van der Waals surface area contributed by atoms with E-state index in [0.29, 0.717) is 18.1 Å². The molecule has 0 spiro atoms. The molecule has 2 aliphatic carbocycles. The van der Waals surface area contributed by atoms with Crippen molar-refractivity contribution in [2.24, 2.45) is 11.8 Å². The number of hydrogen-bond donors (Lipinski definition) is 0. The molecule has 3 nitrogen and oxygen atoms in total. The Kier molecular flexibility index (Phi) is 1.67. The summed E-state index contributed by atoms with van der Waals surface area (Å²) in [6.45, 7) is 1.42. The summed E-state index contributed by atoms with van der Waals surface area (Å²) >= 11 is 0. The molecule has 3 heteroatoms. The van der Waals surface area contributed by atoms with Crippen LogP contribution in [0.15, 0.2) is 0 Å². The maximum atomic E-state index is 11.1. The zero-order chi connectivity index (χ0) is 8.72. The zero-order valence-corrected chi connectivity index (χ0v) is 7.08. The Morgan fingerprint density at radius 2 is 2.33 bits per heavy atom. The van der Waals surface area contributed by atoms with Crippen LogP contribution in [0, 0.1) is 11.8 Å². The molecule has 0 aromatic rings. The molecule has 12 heavy (non-hydrogen) atoms. The molecule has 0 radical (unpaired) electrons. The number of ether oxygens (including phenoxy) is 1. The lowest BCUT2D eigenvalue weighted by Gasteiger charge is -2.19. The van der Waals surface area contributed by atoms with E-state index in [4.69, 9.17) is 4.74 Å². The molecule has 0 N–H and O–H groups in total. The first-order valence-electron chi connectivity index (χ1n) is 4.38. The van der Waals surface area contributed by atoms with E-state index < -0.39 is 0 Å². The number of esters is 1. The number of carbonyl (C=O) groups excluding carboxylic acids is 2. The van der Waals surface area contributed by atoms with Gasteiger partial charge in [-0.2, -0.15) is 0 Å². The van der Waals surface area contributed by atoms with E-state index in [1.807, 2.05) is 0 Å². The molecule has 0 saturated heterocycles. The van der Waals surface area contributed by atoms with Crippen molar-refractivity contribution in [3.63, 3.8) is 0 Å². The third kappa shape index (κ3) is 1.24. The first-order valence-corrected chi connectivity index (χ1v) is 4.38. The molecule has 0 unspecified atom stereocenters. The molecule has 0 amide bonds. The maximum absolute atomic E-state index is 11.1. The maximum Gasteiger partial charge on any atom is 0.302 e. The Balaban J connectivity index is 1.94. The van der Waals surface area contributed by atoms with Crippen molar-refractivity contribution >= 4 is 11.8 Å². The molecule has 2 aliphatic rings. The fourth-order valence-electron chi connectivity index (χ4n) is 2.04. The van der Waals surface area contributed by atoms with Crippen molar-refractivity contribution in [2.75, 3.05) is 0 Å². The molecule has 2 rings (SSSR count). The topological polar surface area (TPSA) is 43.4 Å². The predicted octanol–water partition coefficient (Wildman–Crippen LogP) is 0.917. The van der Waals surface area contributed by atoms with Crippen LogP contribution >= 0.6 is 0 Å². The molecule has 66 valence electrons. The molecule has 0 heterocycles. The van der Waals surface area contributed by atoms with Crippen LogP contribution < -0.4 is 0 Å². The van der Waals surface area contributed by atoms with Gasteiger partial charge in [0, 0.05) is 25.2 Å². The van der Waals surface area contributed by atoms with E-state index in [1.54, 1.807) is 0 Å². The fourth-order valence-corrected chi connectivity index (χ4v) is 2.04. The summed E-state index contributed by atoms with van der Waals surface area (Å²) in [7, 11) is 0. The van der Waals surface area contributed by atoms with Crippen LogP contribution in [0.3, 0.4) is 0 Å². The Morgan fingerprint density at radius 3 is 3.00 bits per heavy atom. The van der Waals surface area contributed by atoms with Gasteiger partial charge in [-0.15, -0.1) is 0 Å². The summed E-state index contributed by atoms with van der Waals surface area (Å²) in [4.78, 5) is 21.8. The standard InChI is InChI=1S/C9H12O3/c1-5(10)12-9-3-2-8(11)6-4-7(6)9/h6-7,9H,2-4H2,1H3/t6-,7+,9-/m1/s1. The number of hydrogen-bond acceptors (Lipinski definition) is 3. The van der Waals surface area contributed by atoms with Gasteiger partial charge in [-0.1, -0.05) is 0 Å². The van der Waals surface area contributed by atoms with Gasteiger partial charge >= 0.3 is 5.97 Å². The highest BCUT2D eigenvalue weighted by molar-refractivity contribution is 5.85. The Hall–Kier alpha value is -0.860. The van der Waals surface area contributed by atoms with Crippen molar-refractivity contribution in [3.8, 4) is 0 Å². The number of rotatable bonds is 1. The summed E-state index contributed by atoms with van der Waals surface area (Å²) < 4.78 is 5.10. The minimum Gasteiger partial charge on any atom is -0.462 e. The van der Waals surface area contributed by atoms with Gasteiger partial charge in [-0.3, -0.25) is 9.59 Å². The van der Waals surface area contributed by atoms with Gasteiger partial charge in [0.25, 0.3) is 0 Å². The quantitative estimate of drug-likeness (QED) is 0.547. The van der Waals surface area contributed by atoms with E-state index in [1.165, 1.54) is 6.92 Å². The average Bonchev–Trinajstić information content (AvgIpc) is 2.73. The third-order valence-electron chi connectivity index (χ3n) is 2.72. The number of ketones is 1. The van der Waals surface area contributed by atoms with Crippen LogP contribution in [-0.2, 0) is 14.3 Å². The van der Waals surface area contributed by atoms with E-state index in [9.17, 15) is 9.59 Å². The van der Waals surface area contributed by atoms with Crippen molar-refractivity contribution in [2.45, 2.75) is 32.3 Å². The molecule has 0 aliphatic heterocycles. The SMILES string of the molecule is CC(=O)O[C@@H]1CCC(=O)[C@@H]2C[C@H]12. The highest BCUT2D eigenvalue weighted by Crippen LogP contribution is 2.48. The van der Waals surface area contributed by atoms with Crippen molar-refractivity contribution in [1.29, 1.82) is 0 Å². The number of fused-ring (bicyclic) bond motifs is 1. The van der Waals surface area contributed by atoms with Gasteiger partial charge in [0.2, 0.25) is 0 Å². The summed E-state index contributed by atoms with van der Waals surface area (Å²) in [5.74, 6) is 0.724. The van der Waals surface area contributed by atoms with Crippen molar-refractivity contribution in [1.82, 2.24) is 0 Å². The third-order valence-corrected chi connectivity index (χ3v) is 2.72. The normalized spacial score (nSPS) is 38.8. The van der Waals surface area contributed by atoms with Gasteiger partial charge in [0.1, 0.15) is 11.9 Å². The minimum atomic E-state index is -0.222. The zero-order valence-electron chi connectivity index (χ0n) is 7.08. The van der Waals surface area contributed by atoms with E-state index >= 15 is 0 Å². The second-order valence-electron chi connectivity index (χ2n) is 3.66. The van der Waals surface area contributed by atoms with Crippen LogP contribution in [0.25, 0.3) is 0 Å². The Bertz CT molecular complexity index is 234. The molecular formula is C9H12O3. The first-order chi connectivity index (χ1) is 5.68. The summed E-state index contributed by atoms with van der Waals surface area (Å²) in [5, 5.41) is 0. The van der Waals surface area contributed by atoms with Gasteiger partial charge < -0.3 is 4.74 Å². The largest absolute Gasteiger partial charge is 0.462 e.